The first kappa shape index (κ1) is 13.8. The van der Waals surface area contributed by atoms with Crippen LogP contribution in [0.5, 0.6) is 0 Å². The molecule has 1 aliphatic rings. The smallest absolute Gasteiger partial charge is 0.0377 e. The minimum absolute atomic E-state index is 0.318. The Hall–Kier alpha value is -1.12. The summed E-state index contributed by atoms with van der Waals surface area (Å²) in [7, 11) is 0. The van der Waals surface area contributed by atoms with Crippen LogP contribution >= 0.6 is 11.3 Å². The molecule has 0 radical (unpaired) electrons. The number of thiophene rings is 1. The largest absolute Gasteiger partial charge is 0.305 e. The zero-order valence-electron chi connectivity index (χ0n) is 12.6. The van der Waals surface area contributed by atoms with Crippen LogP contribution < -0.4 is 5.32 Å². The number of nitrogens with one attached hydrogen (secondary N) is 1. The van der Waals surface area contributed by atoms with E-state index in [0.717, 1.165) is 6.54 Å². The summed E-state index contributed by atoms with van der Waals surface area (Å²) in [5.41, 5.74) is 6.18. The molecule has 106 valence electrons. The van der Waals surface area contributed by atoms with Crippen LogP contribution in [0.1, 0.15) is 48.6 Å². The third kappa shape index (κ3) is 2.55. The summed E-state index contributed by atoms with van der Waals surface area (Å²) in [6.07, 6.45) is 2.46. The summed E-state index contributed by atoms with van der Waals surface area (Å²) in [5.74, 6) is 0. The minimum Gasteiger partial charge on any atom is -0.305 e. The van der Waals surface area contributed by atoms with Gasteiger partial charge in [0.15, 0.2) is 0 Å². The van der Waals surface area contributed by atoms with Gasteiger partial charge in [-0.25, -0.2) is 0 Å². The molecule has 1 atom stereocenters. The maximum absolute atomic E-state index is 3.82. The molecule has 20 heavy (non-hydrogen) atoms. The highest BCUT2D eigenvalue weighted by atomic mass is 32.1. The molecular weight excluding hydrogens is 262 g/mol. The molecule has 0 bridgehead atoms. The van der Waals surface area contributed by atoms with Crippen LogP contribution in [0.2, 0.25) is 0 Å². The zero-order valence-corrected chi connectivity index (χ0v) is 13.4. The molecule has 1 unspecified atom stereocenters. The molecule has 1 aliphatic carbocycles. The van der Waals surface area contributed by atoms with Crippen LogP contribution in [-0.2, 0) is 13.0 Å². The van der Waals surface area contributed by atoms with Crippen LogP contribution in [0.3, 0.4) is 0 Å². The second-order valence-corrected chi connectivity index (χ2v) is 7.32. The van der Waals surface area contributed by atoms with Gasteiger partial charge in [0.1, 0.15) is 0 Å². The molecule has 0 aliphatic heterocycles. The van der Waals surface area contributed by atoms with Gasteiger partial charge in [0.05, 0.1) is 0 Å². The lowest BCUT2D eigenvalue weighted by molar-refractivity contribution is 0.208. The van der Waals surface area contributed by atoms with E-state index in [1.807, 2.05) is 0 Å². The van der Waals surface area contributed by atoms with Crippen molar-refractivity contribution in [1.82, 2.24) is 5.32 Å². The molecule has 3 rings (SSSR count). The van der Waals surface area contributed by atoms with E-state index in [1.54, 1.807) is 11.3 Å². The van der Waals surface area contributed by atoms with Gasteiger partial charge in [-0.1, -0.05) is 38.1 Å². The zero-order chi connectivity index (χ0) is 14.2. The van der Waals surface area contributed by atoms with E-state index in [4.69, 9.17) is 0 Å². The van der Waals surface area contributed by atoms with Gasteiger partial charge < -0.3 is 5.32 Å². The molecule has 0 spiro atoms. The lowest BCUT2D eigenvalue weighted by atomic mass is 9.70. The fourth-order valence-electron chi connectivity index (χ4n) is 3.23. The quantitative estimate of drug-likeness (QED) is 0.849. The lowest BCUT2D eigenvalue weighted by Crippen LogP contribution is -2.37. The standard InChI is InChI=1S/C18H23NS/c1-13-11-20-12-15(13)10-19-17-16-7-5-4-6-14(16)8-9-18(17,2)3/h4-7,11-12,17,19H,8-10H2,1-3H3. The Labute approximate surface area is 126 Å². The van der Waals surface area contributed by atoms with E-state index < -0.39 is 0 Å². The van der Waals surface area contributed by atoms with Gasteiger partial charge >= 0.3 is 0 Å². The molecule has 1 aromatic carbocycles. The third-order valence-corrected chi connectivity index (χ3v) is 5.55. The van der Waals surface area contributed by atoms with E-state index >= 15 is 0 Å². The summed E-state index contributed by atoms with van der Waals surface area (Å²) in [4.78, 5) is 0. The molecule has 0 amide bonds. The maximum Gasteiger partial charge on any atom is 0.0377 e. The first-order valence-electron chi connectivity index (χ1n) is 7.41. The number of fused-ring (bicyclic) bond motifs is 1. The van der Waals surface area contributed by atoms with Gasteiger partial charge in [0, 0.05) is 12.6 Å². The number of benzene rings is 1. The summed E-state index contributed by atoms with van der Waals surface area (Å²) >= 11 is 1.80. The summed E-state index contributed by atoms with van der Waals surface area (Å²) < 4.78 is 0. The van der Waals surface area contributed by atoms with Crippen molar-refractivity contribution in [1.29, 1.82) is 0 Å². The van der Waals surface area contributed by atoms with Crippen molar-refractivity contribution in [3.05, 3.63) is 57.3 Å². The molecule has 2 aromatic rings. The Bertz CT molecular complexity index is 597. The number of rotatable bonds is 3. The van der Waals surface area contributed by atoms with E-state index in [1.165, 1.54) is 35.1 Å². The van der Waals surface area contributed by atoms with Gasteiger partial charge in [-0.15, -0.1) is 0 Å². The fourth-order valence-corrected chi connectivity index (χ4v) is 4.09. The first-order valence-corrected chi connectivity index (χ1v) is 8.35. The fraction of sp³-hybridized carbons (Fsp3) is 0.444. The predicted octanol–water partition coefficient (Wildman–Crippen LogP) is 4.86. The van der Waals surface area contributed by atoms with Crippen molar-refractivity contribution in [3.63, 3.8) is 0 Å². The maximum atomic E-state index is 3.82. The normalized spacial score (nSPS) is 20.6. The highest BCUT2D eigenvalue weighted by Crippen LogP contribution is 2.43. The molecule has 1 N–H and O–H groups in total. The van der Waals surface area contributed by atoms with Crippen molar-refractivity contribution < 1.29 is 0 Å². The molecule has 0 saturated heterocycles. The van der Waals surface area contributed by atoms with Crippen molar-refractivity contribution in [3.8, 4) is 0 Å². The highest BCUT2D eigenvalue weighted by molar-refractivity contribution is 7.08. The van der Waals surface area contributed by atoms with E-state index in [0.29, 0.717) is 11.5 Å². The van der Waals surface area contributed by atoms with E-state index in [-0.39, 0.29) is 0 Å². The molecule has 0 saturated carbocycles. The topological polar surface area (TPSA) is 12.0 Å². The highest BCUT2D eigenvalue weighted by Gasteiger charge is 2.35. The van der Waals surface area contributed by atoms with Crippen molar-refractivity contribution in [2.24, 2.45) is 5.41 Å². The molecule has 1 aromatic heterocycles. The van der Waals surface area contributed by atoms with Gasteiger partial charge in [-0.3, -0.25) is 0 Å². The van der Waals surface area contributed by atoms with Crippen molar-refractivity contribution in [2.45, 2.75) is 46.2 Å². The third-order valence-electron chi connectivity index (χ3n) is 4.64. The van der Waals surface area contributed by atoms with Crippen molar-refractivity contribution >= 4 is 11.3 Å². The molecule has 2 heteroatoms. The number of hydrogen-bond donors (Lipinski definition) is 1. The minimum atomic E-state index is 0.318. The molecular formula is C18H23NS. The number of hydrogen-bond acceptors (Lipinski definition) is 2. The second-order valence-electron chi connectivity index (χ2n) is 6.58. The molecule has 1 nitrogen and oxygen atoms in total. The SMILES string of the molecule is Cc1cscc1CNC1c2ccccc2CCC1(C)C. The van der Waals surface area contributed by atoms with E-state index in [2.05, 4.69) is 61.1 Å². The van der Waals surface area contributed by atoms with Gasteiger partial charge in [-0.05, 0) is 58.2 Å². The Morgan fingerprint density at radius 3 is 2.80 bits per heavy atom. The Morgan fingerprint density at radius 2 is 2.05 bits per heavy atom. The van der Waals surface area contributed by atoms with Crippen LogP contribution in [0, 0.1) is 12.3 Å². The summed E-state index contributed by atoms with van der Waals surface area (Å²) in [6.45, 7) is 7.95. The van der Waals surface area contributed by atoms with Gasteiger partial charge in [-0.2, -0.15) is 11.3 Å². The average Bonchev–Trinajstić information content (AvgIpc) is 2.83. The van der Waals surface area contributed by atoms with Gasteiger partial charge in [0.2, 0.25) is 0 Å². The Morgan fingerprint density at radius 1 is 1.25 bits per heavy atom. The monoisotopic (exact) mass is 285 g/mol. The predicted molar refractivity (Wildman–Crippen MR) is 87.2 cm³/mol. The lowest BCUT2D eigenvalue weighted by Gasteiger charge is -2.40. The van der Waals surface area contributed by atoms with Crippen LogP contribution in [0.15, 0.2) is 35.0 Å². The summed E-state index contributed by atoms with van der Waals surface area (Å²) in [5, 5.41) is 8.32. The Kier molecular flexibility index (Phi) is 3.70. The van der Waals surface area contributed by atoms with Gasteiger partial charge in [0.25, 0.3) is 0 Å². The van der Waals surface area contributed by atoms with Crippen molar-refractivity contribution in [2.75, 3.05) is 0 Å². The molecule has 0 fully saturated rings. The first-order chi connectivity index (χ1) is 9.58. The number of aryl methyl sites for hydroxylation is 2. The van der Waals surface area contributed by atoms with Crippen LogP contribution in [0.25, 0.3) is 0 Å². The Balaban J connectivity index is 1.85. The second kappa shape index (κ2) is 5.34. The average molecular weight is 285 g/mol. The summed E-state index contributed by atoms with van der Waals surface area (Å²) in [6, 6.07) is 9.37. The van der Waals surface area contributed by atoms with E-state index in [9.17, 15) is 0 Å². The van der Waals surface area contributed by atoms with Crippen LogP contribution in [-0.4, -0.2) is 0 Å². The van der Waals surface area contributed by atoms with Crippen LogP contribution in [0.4, 0.5) is 0 Å². The molecule has 1 heterocycles.